The lowest BCUT2D eigenvalue weighted by Gasteiger charge is -2.36. The predicted octanol–water partition coefficient (Wildman–Crippen LogP) is 7.49. The molecule has 5 heterocycles. The van der Waals surface area contributed by atoms with Gasteiger partial charge in [-0.1, -0.05) is 99.6 Å². The van der Waals surface area contributed by atoms with Crippen molar-refractivity contribution in [2.24, 2.45) is 5.41 Å². The number of piperazine rings is 1. The topological polar surface area (TPSA) is 199 Å². The number of aryl methyl sites for hydroxylation is 1. The van der Waals surface area contributed by atoms with Gasteiger partial charge >= 0.3 is 0 Å². The van der Waals surface area contributed by atoms with Crippen LogP contribution in [-0.4, -0.2) is 143 Å². The molecule has 0 spiro atoms. The molecule has 2 saturated heterocycles. The monoisotopic (exact) mass is 1100 g/mol. The van der Waals surface area contributed by atoms with Crippen LogP contribution in [0.5, 0.6) is 0 Å². The van der Waals surface area contributed by atoms with Gasteiger partial charge in [-0.2, -0.15) is 0 Å². The van der Waals surface area contributed by atoms with Gasteiger partial charge in [-0.3, -0.25) is 34.2 Å². The quantitative estimate of drug-likeness (QED) is 0.0519. The van der Waals surface area contributed by atoms with Crippen LogP contribution in [0.3, 0.4) is 0 Å². The number of anilines is 2. The van der Waals surface area contributed by atoms with Gasteiger partial charge in [0.15, 0.2) is 5.13 Å². The van der Waals surface area contributed by atoms with E-state index < -0.39 is 35.6 Å². The first kappa shape index (κ1) is 55.9. The Morgan fingerprint density at radius 3 is 2.19 bits per heavy atom. The highest BCUT2D eigenvalue weighted by Crippen LogP contribution is 2.36. The molecule has 3 aliphatic heterocycles. The number of carbonyl (C=O) groups excluding carboxylic acids is 5. The molecule has 5 amide bonds. The van der Waals surface area contributed by atoms with E-state index in [1.165, 1.54) is 16.2 Å². The molecule has 6 aromatic rings. The summed E-state index contributed by atoms with van der Waals surface area (Å²) in [7, 11) is 0. The summed E-state index contributed by atoms with van der Waals surface area (Å²) in [5.41, 5.74) is 9.34. The molecular weight excluding hydrogens is 1030 g/mol. The number of hydrogen-bond acceptors (Lipinski definition) is 14. The third kappa shape index (κ3) is 13.5. The Morgan fingerprint density at radius 1 is 0.808 bits per heavy atom. The molecule has 0 saturated carbocycles. The van der Waals surface area contributed by atoms with Crippen molar-refractivity contribution in [2.45, 2.75) is 84.3 Å². The number of aliphatic hydroxyl groups is 1. The second-order valence-corrected chi connectivity index (χ2v) is 22.9. The number of amides is 5. The van der Waals surface area contributed by atoms with E-state index in [9.17, 15) is 29.1 Å². The average Bonchev–Trinajstić information content (AvgIpc) is 4.46. The second kappa shape index (κ2) is 25.3. The maximum atomic E-state index is 14.1. The van der Waals surface area contributed by atoms with Crippen LogP contribution in [0.25, 0.3) is 21.6 Å². The molecule has 0 bridgehead atoms. The van der Waals surface area contributed by atoms with E-state index in [2.05, 4.69) is 60.0 Å². The fourth-order valence-corrected chi connectivity index (χ4v) is 11.6. The first-order valence-electron chi connectivity index (χ1n) is 26.6. The Labute approximate surface area is 464 Å². The lowest BCUT2D eigenvalue weighted by atomic mass is 9.85. The van der Waals surface area contributed by atoms with E-state index in [4.69, 9.17) is 9.47 Å². The fraction of sp³-hybridized carbons (Fsp3) is 0.407. The maximum absolute atomic E-state index is 14.1. The van der Waals surface area contributed by atoms with Gasteiger partial charge in [0.2, 0.25) is 17.7 Å². The standard InChI is InChI=1S/C59H69N9O8S2/c1-38(40-11-13-43(14-12-40)52-39(2)61-37-78-52)62-54(71)49-34-47(69)36-67(49)57(74)53(59(3,4)5)63-50(70)21-28-75-30-31-76-29-27-65-23-25-66(26-24-65)46-19-17-41(18-20-46)44-15-16-45-35-68(56(73)48(45)33-44)51(42-9-7-6-8-10-42)55(72)64-58-60-22-32-77-58/h6-20,22,32-33,37-38,47,49,51,53,69H,21,23-31,34-36H2,1-5H3,(H,62,71)(H,63,70)(H,60,64,72)/t38-,47+,49-,51?,53+/m0/s1. The summed E-state index contributed by atoms with van der Waals surface area (Å²) in [6, 6.07) is 28.7. The molecule has 410 valence electrons. The number of ether oxygens (including phenoxy) is 2. The Hall–Kier alpha value is -6.87. The van der Waals surface area contributed by atoms with Crippen molar-refractivity contribution in [3.8, 4) is 21.6 Å². The smallest absolute Gasteiger partial charge is 0.255 e. The van der Waals surface area contributed by atoms with E-state index >= 15 is 0 Å². The number of rotatable bonds is 21. The highest BCUT2D eigenvalue weighted by atomic mass is 32.1. The Morgan fingerprint density at radius 2 is 1.51 bits per heavy atom. The molecule has 78 heavy (non-hydrogen) atoms. The van der Waals surface area contributed by atoms with Crippen molar-refractivity contribution < 1.29 is 38.6 Å². The van der Waals surface area contributed by atoms with Gasteiger partial charge in [-0.05, 0) is 70.8 Å². The lowest BCUT2D eigenvalue weighted by molar-refractivity contribution is -0.144. The third-order valence-electron chi connectivity index (χ3n) is 14.7. The van der Waals surface area contributed by atoms with Crippen molar-refractivity contribution in [1.82, 2.24) is 35.3 Å². The van der Waals surface area contributed by atoms with Crippen LogP contribution in [-0.2, 0) is 35.2 Å². The average molecular weight is 1100 g/mol. The minimum Gasteiger partial charge on any atom is -0.391 e. The number of fused-ring (bicyclic) bond motifs is 1. The Bertz CT molecular complexity index is 3010. The number of hydrogen-bond donors (Lipinski definition) is 4. The number of nitrogens with one attached hydrogen (secondary N) is 3. The fourth-order valence-electron chi connectivity index (χ4n) is 10.3. The zero-order chi connectivity index (χ0) is 54.9. The third-order valence-corrected chi connectivity index (χ3v) is 16.3. The van der Waals surface area contributed by atoms with E-state index in [1.54, 1.807) is 27.8 Å². The summed E-state index contributed by atoms with van der Waals surface area (Å²) < 4.78 is 11.6. The first-order valence-corrected chi connectivity index (χ1v) is 28.4. The van der Waals surface area contributed by atoms with Crippen LogP contribution < -0.4 is 20.9 Å². The molecule has 0 radical (unpaired) electrons. The van der Waals surface area contributed by atoms with Crippen LogP contribution >= 0.6 is 22.7 Å². The van der Waals surface area contributed by atoms with Crippen molar-refractivity contribution in [3.05, 3.63) is 142 Å². The zero-order valence-electron chi connectivity index (χ0n) is 44.9. The molecule has 9 rings (SSSR count). The van der Waals surface area contributed by atoms with Gasteiger partial charge < -0.3 is 39.9 Å². The summed E-state index contributed by atoms with van der Waals surface area (Å²) in [5.74, 6) is -1.61. The molecule has 4 N–H and O–H groups in total. The molecule has 0 aliphatic carbocycles. The first-order chi connectivity index (χ1) is 37.6. The normalized spacial score (nSPS) is 17.9. The maximum Gasteiger partial charge on any atom is 0.255 e. The number of likely N-dealkylation sites (tertiary alicyclic amines) is 1. The zero-order valence-corrected chi connectivity index (χ0v) is 46.5. The molecule has 2 fully saturated rings. The summed E-state index contributed by atoms with van der Waals surface area (Å²) in [5, 5.41) is 21.8. The number of nitrogens with zero attached hydrogens (tertiary/aromatic N) is 6. The molecule has 5 atom stereocenters. The number of benzene rings is 4. The van der Waals surface area contributed by atoms with Gasteiger partial charge in [0.05, 0.1) is 54.7 Å². The van der Waals surface area contributed by atoms with E-state index in [0.29, 0.717) is 37.1 Å². The van der Waals surface area contributed by atoms with Crippen molar-refractivity contribution in [2.75, 3.05) is 75.9 Å². The van der Waals surface area contributed by atoms with E-state index in [0.717, 1.165) is 82.4 Å². The van der Waals surface area contributed by atoms with Gasteiger partial charge in [0.1, 0.15) is 18.1 Å². The summed E-state index contributed by atoms with van der Waals surface area (Å²) in [4.78, 5) is 86.1. The number of β-amino-alcohol motifs (C(OH)–C–C–N with tert-alkyl or cyclic N) is 1. The molecule has 4 aromatic carbocycles. The van der Waals surface area contributed by atoms with E-state index in [-0.39, 0.29) is 55.7 Å². The van der Waals surface area contributed by atoms with Gasteiger partial charge in [-0.25, -0.2) is 9.97 Å². The van der Waals surface area contributed by atoms with Crippen LogP contribution in [0, 0.1) is 12.3 Å². The predicted molar refractivity (Wildman–Crippen MR) is 303 cm³/mol. The largest absolute Gasteiger partial charge is 0.391 e. The SMILES string of the molecule is Cc1ncsc1-c1ccc([C@H](C)NC(=O)[C@@H]2C[C@@H](O)CN2C(=O)[C@@H](NC(=O)CCOCCOCCN2CCN(c3ccc(-c4ccc5c(c4)C(=O)N(C(C(=O)Nc4nccs4)c4ccccc4)C5)cc3)CC2)C(C)(C)C)cc1. The summed E-state index contributed by atoms with van der Waals surface area (Å²) in [6.45, 7) is 15.5. The van der Waals surface area contributed by atoms with Crippen molar-refractivity contribution >= 4 is 63.0 Å². The molecule has 17 nitrogen and oxygen atoms in total. The van der Waals surface area contributed by atoms with Gasteiger partial charge in [-0.15, -0.1) is 22.7 Å². The molecule has 1 unspecified atom stereocenters. The minimum absolute atomic E-state index is 0.00657. The highest BCUT2D eigenvalue weighted by Gasteiger charge is 2.45. The highest BCUT2D eigenvalue weighted by molar-refractivity contribution is 7.14. The van der Waals surface area contributed by atoms with Crippen molar-refractivity contribution in [1.29, 1.82) is 0 Å². The Kier molecular flexibility index (Phi) is 18.1. The lowest BCUT2D eigenvalue weighted by Crippen LogP contribution is -2.58. The van der Waals surface area contributed by atoms with Gasteiger partial charge in [0, 0.05) is 81.5 Å². The van der Waals surface area contributed by atoms with Crippen LogP contribution in [0.4, 0.5) is 10.8 Å². The van der Waals surface area contributed by atoms with Crippen molar-refractivity contribution in [3.63, 3.8) is 0 Å². The number of carbonyl (C=O) groups is 5. The molecule has 19 heteroatoms. The Balaban J connectivity index is 0.667. The van der Waals surface area contributed by atoms with Crippen LogP contribution in [0.1, 0.15) is 85.4 Å². The van der Waals surface area contributed by atoms with Crippen LogP contribution in [0.2, 0.25) is 0 Å². The molecule has 2 aromatic heterocycles. The summed E-state index contributed by atoms with van der Waals surface area (Å²) in [6.07, 6.45) is 0.906. The number of aromatic nitrogens is 2. The molecular formula is C59H69N9O8S2. The van der Waals surface area contributed by atoms with Crippen LogP contribution in [0.15, 0.2) is 114 Å². The minimum atomic E-state index is -0.931. The van der Waals surface area contributed by atoms with E-state index in [1.807, 2.05) is 113 Å². The summed E-state index contributed by atoms with van der Waals surface area (Å²) >= 11 is 2.91. The number of thiazole rings is 2. The number of aliphatic hydroxyl groups excluding tert-OH is 1. The molecule has 3 aliphatic rings. The van der Waals surface area contributed by atoms with Gasteiger partial charge in [0.25, 0.3) is 11.8 Å². The second-order valence-electron chi connectivity index (χ2n) is 21.2.